The van der Waals surface area contributed by atoms with Gasteiger partial charge in [-0.2, -0.15) is 0 Å². The Bertz CT molecular complexity index is 586. The van der Waals surface area contributed by atoms with Crippen LogP contribution in [0.5, 0.6) is 0 Å². The second-order valence-electron chi connectivity index (χ2n) is 5.65. The lowest BCUT2D eigenvalue weighted by atomic mass is 10.1. The Morgan fingerprint density at radius 1 is 1.25 bits per heavy atom. The van der Waals surface area contributed by atoms with E-state index in [0.717, 1.165) is 17.1 Å². The zero-order chi connectivity index (χ0) is 14.9. The van der Waals surface area contributed by atoms with E-state index in [9.17, 15) is 5.11 Å². The lowest BCUT2D eigenvalue weighted by Crippen LogP contribution is -2.43. The van der Waals surface area contributed by atoms with Crippen LogP contribution in [0.15, 0.2) is 14.9 Å². The summed E-state index contributed by atoms with van der Waals surface area (Å²) in [4.78, 5) is 1.97. The Balaban J connectivity index is 2.16. The number of aromatic nitrogens is 2. The highest BCUT2D eigenvalue weighted by molar-refractivity contribution is 5.55. The quantitative estimate of drug-likeness (QED) is 0.903. The van der Waals surface area contributed by atoms with Crippen LogP contribution >= 0.6 is 0 Å². The predicted octanol–water partition coefficient (Wildman–Crippen LogP) is 2.15. The van der Waals surface area contributed by atoms with Crippen LogP contribution in [0.2, 0.25) is 0 Å². The minimum atomic E-state index is -0.337. The molecule has 0 fully saturated rings. The highest BCUT2D eigenvalue weighted by Crippen LogP contribution is 2.26. The largest absolute Gasteiger partial charge is 0.466 e. The minimum Gasteiger partial charge on any atom is -0.466 e. The summed E-state index contributed by atoms with van der Waals surface area (Å²) >= 11 is 0. The van der Waals surface area contributed by atoms with Gasteiger partial charge in [0.2, 0.25) is 5.89 Å². The van der Waals surface area contributed by atoms with Gasteiger partial charge in [-0.25, -0.2) is 0 Å². The highest BCUT2D eigenvalue weighted by Gasteiger charge is 2.24. The molecule has 20 heavy (non-hydrogen) atoms. The maximum atomic E-state index is 9.34. The molecule has 2 rings (SSSR count). The third-order valence-electron chi connectivity index (χ3n) is 3.53. The van der Waals surface area contributed by atoms with Gasteiger partial charge in [0.1, 0.15) is 11.5 Å². The van der Waals surface area contributed by atoms with Crippen LogP contribution in [-0.4, -0.2) is 39.4 Å². The number of hydrogen-bond acceptors (Lipinski definition) is 6. The van der Waals surface area contributed by atoms with E-state index in [1.807, 2.05) is 45.7 Å². The van der Waals surface area contributed by atoms with Crippen molar-refractivity contribution in [2.75, 3.05) is 13.7 Å². The second kappa shape index (κ2) is 5.38. The van der Waals surface area contributed by atoms with Crippen molar-refractivity contribution in [2.45, 2.75) is 39.8 Å². The topological polar surface area (TPSA) is 75.5 Å². The fourth-order valence-electron chi connectivity index (χ4n) is 1.81. The third kappa shape index (κ3) is 2.91. The number of furan rings is 1. The van der Waals surface area contributed by atoms with Crippen molar-refractivity contribution in [3.63, 3.8) is 0 Å². The zero-order valence-corrected chi connectivity index (χ0v) is 12.6. The number of rotatable bonds is 5. The molecule has 6 heteroatoms. The molecule has 0 saturated heterocycles. The molecule has 110 valence electrons. The van der Waals surface area contributed by atoms with Crippen molar-refractivity contribution in [2.24, 2.45) is 0 Å². The van der Waals surface area contributed by atoms with E-state index in [2.05, 4.69) is 10.2 Å². The normalized spacial score (nSPS) is 12.3. The van der Waals surface area contributed by atoms with Crippen molar-refractivity contribution in [1.82, 2.24) is 15.1 Å². The monoisotopic (exact) mass is 279 g/mol. The molecule has 0 aliphatic rings. The molecule has 6 nitrogen and oxygen atoms in total. The van der Waals surface area contributed by atoms with Gasteiger partial charge in [0.05, 0.1) is 18.7 Å². The molecule has 2 aromatic heterocycles. The highest BCUT2D eigenvalue weighted by atomic mass is 16.4. The van der Waals surface area contributed by atoms with E-state index in [0.29, 0.717) is 18.3 Å². The van der Waals surface area contributed by atoms with E-state index in [4.69, 9.17) is 8.83 Å². The van der Waals surface area contributed by atoms with Crippen LogP contribution < -0.4 is 0 Å². The Labute approximate surface area is 118 Å². The molecule has 0 atom stereocenters. The molecule has 0 aliphatic carbocycles. The Kier molecular flexibility index (Phi) is 3.96. The van der Waals surface area contributed by atoms with E-state index in [-0.39, 0.29) is 12.1 Å². The van der Waals surface area contributed by atoms with Crippen molar-refractivity contribution < 1.29 is 13.9 Å². The first kappa shape index (κ1) is 14.7. The maximum absolute atomic E-state index is 9.34. The number of hydrogen-bond donors (Lipinski definition) is 1. The molecule has 0 aliphatic heterocycles. The first-order valence-corrected chi connectivity index (χ1v) is 6.55. The Morgan fingerprint density at radius 3 is 2.50 bits per heavy atom. The molecule has 0 unspecified atom stereocenters. The van der Waals surface area contributed by atoms with Gasteiger partial charge in [0.15, 0.2) is 0 Å². The van der Waals surface area contributed by atoms with Gasteiger partial charge in [-0.1, -0.05) is 0 Å². The fraction of sp³-hybridized carbons (Fsp3) is 0.571. The van der Waals surface area contributed by atoms with Crippen LogP contribution in [0.3, 0.4) is 0 Å². The molecule has 0 amide bonds. The van der Waals surface area contributed by atoms with Crippen LogP contribution in [0.1, 0.15) is 31.3 Å². The lowest BCUT2D eigenvalue weighted by molar-refractivity contribution is 0.0670. The molecule has 0 aromatic carbocycles. The van der Waals surface area contributed by atoms with Gasteiger partial charge in [-0.05, 0) is 40.8 Å². The molecular weight excluding hydrogens is 258 g/mol. The summed E-state index contributed by atoms with van der Waals surface area (Å²) in [6.07, 6.45) is 0. The smallest absolute Gasteiger partial charge is 0.251 e. The van der Waals surface area contributed by atoms with E-state index >= 15 is 0 Å². The number of aliphatic hydroxyl groups is 1. The van der Waals surface area contributed by atoms with Crippen molar-refractivity contribution in [1.29, 1.82) is 0 Å². The Morgan fingerprint density at radius 2 is 1.95 bits per heavy atom. The first-order chi connectivity index (χ1) is 9.33. The number of aliphatic hydroxyl groups excluding tert-OH is 1. The minimum absolute atomic E-state index is 0.0600. The van der Waals surface area contributed by atoms with Gasteiger partial charge >= 0.3 is 0 Å². The van der Waals surface area contributed by atoms with E-state index < -0.39 is 0 Å². The molecule has 0 radical (unpaired) electrons. The summed E-state index contributed by atoms with van der Waals surface area (Å²) in [6, 6.07) is 1.88. The average Bonchev–Trinajstić information content (AvgIpc) is 2.95. The number of nitrogens with zero attached hydrogens (tertiary/aromatic N) is 3. The molecule has 2 heterocycles. The fourth-order valence-corrected chi connectivity index (χ4v) is 1.81. The number of aryl methyl sites for hydroxylation is 2. The summed E-state index contributed by atoms with van der Waals surface area (Å²) < 4.78 is 11.1. The Hall–Kier alpha value is -1.66. The molecule has 0 bridgehead atoms. The van der Waals surface area contributed by atoms with Gasteiger partial charge in [0, 0.05) is 5.54 Å². The van der Waals surface area contributed by atoms with Gasteiger partial charge < -0.3 is 13.9 Å². The molecule has 2 aromatic rings. The standard InChI is InChI=1S/C14H21N3O3/c1-9-6-11(10(2)19-9)13-16-15-12(20-13)7-17(5)14(3,4)8-18/h6,18H,7-8H2,1-5H3. The second-order valence-corrected chi connectivity index (χ2v) is 5.65. The first-order valence-electron chi connectivity index (χ1n) is 6.55. The maximum Gasteiger partial charge on any atom is 0.251 e. The van der Waals surface area contributed by atoms with Crippen molar-refractivity contribution >= 4 is 0 Å². The van der Waals surface area contributed by atoms with Crippen LogP contribution in [0, 0.1) is 13.8 Å². The van der Waals surface area contributed by atoms with Crippen LogP contribution in [-0.2, 0) is 6.54 Å². The van der Waals surface area contributed by atoms with Crippen LogP contribution in [0.25, 0.3) is 11.5 Å². The molecular formula is C14H21N3O3. The SMILES string of the molecule is Cc1cc(-c2nnc(CN(C)C(C)(C)CO)o2)c(C)o1. The van der Waals surface area contributed by atoms with Crippen LogP contribution in [0.4, 0.5) is 0 Å². The summed E-state index contributed by atoms with van der Waals surface area (Å²) in [7, 11) is 1.91. The summed E-state index contributed by atoms with van der Waals surface area (Å²) in [5.41, 5.74) is 0.488. The predicted molar refractivity (Wildman–Crippen MR) is 74.1 cm³/mol. The van der Waals surface area contributed by atoms with Gasteiger partial charge in [0.25, 0.3) is 5.89 Å². The third-order valence-corrected chi connectivity index (χ3v) is 3.53. The number of likely N-dealkylation sites (N-methyl/N-ethyl adjacent to an activating group) is 1. The van der Waals surface area contributed by atoms with Gasteiger partial charge in [-0.15, -0.1) is 10.2 Å². The van der Waals surface area contributed by atoms with Gasteiger partial charge in [-0.3, -0.25) is 4.90 Å². The van der Waals surface area contributed by atoms with Crippen molar-refractivity contribution in [3.05, 3.63) is 23.5 Å². The summed E-state index contributed by atoms with van der Waals surface area (Å²) in [5, 5.41) is 17.4. The lowest BCUT2D eigenvalue weighted by Gasteiger charge is -2.32. The van der Waals surface area contributed by atoms with E-state index in [1.165, 1.54) is 0 Å². The summed E-state index contributed by atoms with van der Waals surface area (Å²) in [6.45, 7) is 8.20. The zero-order valence-electron chi connectivity index (χ0n) is 12.6. The van der Waals surface area contributed by atoms with E-state index in [1.54, 1.807) is 0 Å². The summed E-state index contributed by atoms with van der Waals surface area (Å²) in [5.74, 6) is 2.56. The molecule has 0 saturated carbocycles. The average molecular weight is 279 g/mol. The molecule has 0 spiro atoms. The van der Waals surface area contributed by atoms with Crippen molar-refractivity contribution in [3.8, 4) is 11.5 Å². The molecule has 1 N–H and O–H groups in total.